The van der Waals surface area contributed by atoms with Gasteiger partial charge in [0.15, 0.2) is 47.7 Å². The molecule has 0 saturated carbocycles. The predicted molar refractivity (Wildman–Crippen MR) is 451 cm³/mol. The third kappa shape index (κ3) is 54.0. The van der Waals surface area contributed by atoms with Crippen molar-refractivity contribution < 1.29 is 87.5 Å². The Kier molecular flexibility index (Phi) is 54.1. The Labute approximate surface area is 715 Å². The van der Waals surface area contributed by atoms with E-state index in [0.29, 0.717) is 0 Å². The van der Waals surface area contributed by atoms with Gasteiger partial charge in [-0.2, -0.15) is 0 Å². The molecule has 0 radical (unpaired) electrons. The summed E-state index contributed by atoms with van der Waals surface area (Å²) in [4.78, 5) is 197. The number of carboxylic acids is 4. The van der Waals surface area contributed by atoms with Crippen molar-refractivity contribution >= 4 is 131 Å². The molecule has 10 amide bonds. The summed E-state index contributed by atoms with van der Waals surface area (Å²) in [5, 5.41) is 146. The van der Waals surface area contributed by atoms with Crippen LogP contribution in [0.4, 0.5) is 0 Å². The molecule has 1 aliphatic heterocycles. The number of nitrogens with zero attached hydrogens (tertiary/aromatic N) is 4. The first-order valence-corrected chi connectivity index (χ1v) is 39.9. The second-order valence-electron chi connectivity index (χ2n) is 28.6. The summed E-state index contributed by atoms with van der Waals surface area (Å²) >= 11 is 0. The summed E-state index contributed by atoms with van der Waals surface area (Å²) in [5.74, 6) is -18.2. The van der Waals surface area contributed by atoms with E-state index in [2.05, 4.69) is 95.7 Å². The van der Waals surface area contributed by atoms with Crippen LogP contribution in [0.25, 0.3) is 0 Å². The normalized spacial score (nSPS) is 14.6. The van der Waals surface area contributed by atoms with Crippen LogP contribution in [-0.4, -0.2) is 363 Å². The minimum absolute atomic E-state index is 0.00749. The lowest BCUT2D eigenvalue weighted by molar-refractivity contribution is -0.142. The van der Waals surface area contributed by atoms with Crippen LogP contribution in [0, 0.1) is 43.3 Å². The molecule has 1 heterocycles. The molecule has 1 rings (SSSR count). The molecule has 0 aliphatic carbocycles. The number of amides is 10. The highest BCUT2D eigenvalue weighted by molar-refractivity contribution is 5.99. The van der Waals surface area contributed by atoms with Crippen LogP contribution in [0.5, 0.6) is 0 Å². The van der Waals surface area contributed by atoms with Gasteiger partial charge in [0.1, 0.15) is 48.3 Å². The zero-order chi connectivity index (χ0) is 93.2. The maximum absolute atomic E-state index is 14.9. The number of nitrogens with two attached hydrogens (primary N) is 8. The van der Waals surface area contributed by atoms with E-state index in [1.54, 1.807) is 19.6 Å². The Bertz CT molecular complexity index is 3550. The minimum atomic E-state index is -1.65. The molecule has 0 spiro atoms. The van der Waals surface area contributed by atoms with Gasteiger partial charge in [-0.25, -0.2) is 4.79 Å². The number of rotatable bonds is 60. The summed E-state index contributed by atoms with van der Waals surface area (Å²) in [7, 11) is 0. The Balaban J connectivity index is 3.84. The first-order valence-electron chi connectivity index (χ1n) is 39.9. The number of hydrogen-bond donors (Lipinski definition) is 38. The zero-order valence-corrected chi connectivity index (χ0v) is 69.4. The maximum atomic E-state index is 14.9. The number of carbonyl (C=O) groups excluding carboxylic acids is 10. The first-order chi connectivity index (χ1) is 58.5. The van der Waals surface area contributed by atoms with Gasteiger partial charge in [0.25, 0.3) is 0 Å². The molecule has 1 saturated heterocycles. The summed E-state index contributed by atoms with van der Waals surface area (Å²) in [6.07, 6.45) is -1.84. The average molecular weight is 1770 g/mol. The number of carbonyl (C=O) groups is 14. The van der Waals surface area contributed by atoms with E-state index in [1.807, 2.05) is 0 Å². The molecule has 0 aromatic carbocycles. The van der Waals surface area contributed by atoms with Gasteiger partial charge in [-0.15, -0.1) is 0 Å². The van der Waals surface area contributed by atoms with E-state index in [0.717, 1.165) is 0 Å². The molecule has 700 valence electrons. The second-order valence-corrected chi connectivity index (χ2v) is 28.6. The van der Waals surface area contributed by atoms with E-state index in [4.69, 9.17) is 89.1 Å². The molecule has 1 aliphatic rings. The minimum Gasteiger partial charge on any atom is -0.480 e. The van der Waals surface area contributed by atoms with Crippen LogP contribution >= 0.6 is 0 Å². The number of aliphatic carboxylic acids is 4. The maximum Gasteiger partial charge on any atom is 0.326 e. The van der Waals surface area contributed by atoms with Gasteiger partial charge >= 0.3 is 23.9 Å². The highest BCUT2D eigenvalue weighted by Crippen LogP contribution is 2.12. The molecular formula is C68H130N38O18. The molecule has 1 fully saturated rings. The number of nitrogens with one attached hydrogen (secondary N) is 26. The van der Waals surface area contributed by atoms with E-state index in [-0.39, 0.29) is 226 Å². The van der Waals surface area contributed by atoms with Crippen LogP contribution < -0.4 is 142 Å². The molecule has 0 aromatic rings. The van der Waals surface area contributed by atoms with Gasteiger partial charge < -0.3 is 162 Å². The molecule has 46 N–H and O–H groups in total. The monoisotopic (exact) mass is 1770 g/mol. The van der Waals surface area contributed by atoms with Crippen molar-refractivity contribution in [2.24, 2.45) is 45.9 Å². The van der Waals surface area contributed by atoms with Gasteiger partial charge in [0, 0.05) is 105 Å². The Morgan fingerprint density at radius 3 is 0.597 bits per heavy atom. The Hall–Kier alpha value is -13.4. The molecule has 0 aromatic heterocycles. The lowest BCUT2D eigenvalue weighted by Gasteiger charge is -2.32. The largest absolute Gasteiger partial charge is 0.480 e. The Morgan fingerprint density at radius 2 is 0.403 bits per heavy atom. The molecule has 124 heavy (non-hydrogen) atoms. The van der Waals surface area contributed by atoms with E-state index < -0.39 is 199 Å². The fraction of sp³-hybridized carbons (Fsp3) is 0.676. The number of hydrogen-bond acceptors (Lipinski definition) is 26. The van der Waals surface area contributed by atoms with Gasteiger partial charge in [-0.1, -0.05) is 0 Å². The van der Waals surface area contributed by atoms with Crippen LogP contribution in [0.2, 0.25) is 0 Å². The average Bonchev–Trinajstić information content (AvgIpc) is 0.882. The fourth-order valence-corrected chi connectivity index (χ4v) is 12.0. The van der Waals surface area contributed by atoms with Gasteiger partial charge in [0.05, 0.1) is 39.3 Å². The van der Waals surface area contributed by atoms with E-state index in [1.165, 1.54) is 0 Å². The summed E-state index contributed by atoms with van der Waals surface area (Å²) in [6, 6.07) is -12.7. The molecule has 0 bridgehead atoms. The third-order valence-corrected chi connectivity index (χ3v) is 18.2. The molecule has 56 nitrogen and oxygen atoms in total. The second kappa shape index (κ2) is 61.8. The zero-order valence-electron chi connectivity index (χ0n) is 69.4. The quantitative estimate of drug-likeness (QED) is 0.0153. The van der Waals surface area contributed by atoms with Crippen LogP contribution in [0.15, 0.2) is 0 Å². The molecule has 8 atom stereocenters. The Morgan fingerprint density at radius 1 is 0.234 bits per heavy atom. The topological polar surface area (TPSA) is 948 Å². The SMILES string of the molecule is N=C(N)NCCC[C@H](NC(=O)[C@H](CCCNC(=N)N)NC(=O)[C@H](CCCNC(=N)N)NC(=O)[C@H](CCCNC(=N)N)NC(=O)[C@H](CCCNC(=N)N)NC(=O)[C@H](CCCNC(=N)N)NC(=O)[C@H](CCCNC(=N)N)NC(=O)[C@H](CCCNC(=N)N)NC(=O)CNC(=O)CNC(=O)CN1CCN(CC(=O)O)CCN(CC(=O)O)CCN(CC(=O)O)CC1)C(=O)O. The van der Waals surface area contributed by atoms with Crippen LogP contribution in [0.3, 0.4) is 0 Å². The van der Waals surface area contributed by atoms with Crippen molar-refractivity contribution in [2.45, 2.75) is 151 Å². The van der Waals surface area contributed by atoms with Crippen molar-refractivity contribution in [1.82, 2.24) is 115 Å². The molecular weight excluding hydrogens is 1640 g/mol. The lowest BCUT2D eigenvalue weighted by atomic mass is 10.0. The highest BCUT2D eigenvalue weighted by Gasteiger charge is 2.36. The summed E-state index contributed by atoms with van der Waals surface area (Å²) < 4.78 is 0. The number of carboxylic acid groups (broad SMARTS) is 4. The van der Waals surface area contributed by atoms with Crippen molar-refractivity contribution in [1.29, 1.82) is 43.3 Å². The van der Waals surface area contributed by atoms with Gasteiger partial charge in [-0.05, 0) is 103 Å². The van der Waals surface area contributed by atoms with Gasteiger partial charge in [-0.3, -0.25) is 125 Å². The lowest BCUT2D eigenvalue weighted by Crippen LogP contribution is -2.60. The summed E-state index contributed by atoms with van der Waals surface area (Å²) in [5.41, 5.74) is 44.0. The van der Waals surface area contributed by atoms with E-state index >= 15 is 0 Å². The van der Waals surface area contributed by atoms with Crippen molar-refractivity contribution in [2.75, 3.05) is 144 Å². The fourth-order valence-electron chi connectivity index (χ4n) is 12.0. The molecule has 0 unspecified atom stereocenters. The number of guanidine groups is 8. The van der Waals surface area contributed by atoms with Crippen molar-refractivity contribution in [3.05, 3.63) is 0 Å². The van der Waals surface area contributed by atoms with Crippen molar-refractivity contribution in [3.8, 4) is 0 Å². The predicted octanol–water partition coefficient (Wildman–Crippen LogP) is -14.2. The van der Waals surface area contributed by atoms with E-state index in [9.17, 15) is 87.5 Å². The summed E-state index contributed by atoms with van der Waals surface area (Å²) in [6.45, 7) is -2.49. The van der Waals surface area contributed by atoms with Crippen LogP contribution in [-0.2, 0) is 67.1 Å². The van der Waals surface area contributed by atoms with Crippen LogP contribution in [0.1, 0.15) is 103 Å². The molecule has 56 heteroatoms. The third-order valence-electron chi connectivity index (χ3n) is 18.2. The smallest absolute Gasteiger partial charge is 0.326 e. The highest BCUT2D eigenvalue weighted by atomic mass is 16.4. The van der Waals surface area contributed by atoms with Crippen molar-refractivity contribution in [3.63, 3.8) is 0 Å². The first kappa shape index (κ1) is 109. The van der Waals surface area contributed by atoms with Gasteiger partial charge in [0.2, 0.25) is 59.1 Å². The standard InChI is InChI=1S/C68H130N38O18/c69-61(70)85-17-1-9-39(95-48(108)34-93-47(107)33-94-49(109)35-103-25-27-104(36-50(110)111)29-31-106(38-52(114)115)32-30-105(28-26-103)37-51(112)113)53(116)96-40(10-2-18-86-62(71)72)54(117)97-41(11-3-19-87-63(73)74)55(118)98-42(12-4-20-88-64(75)76)56(119)99-43(13-5-21-89-65(77)78)57(120)100-44(14-6-22-90-66(79)80)58(121)101-45(15-7-23-91-67(81)82)59(122)102-46(60(123)124)16-8-24-92-68(83)84/h39-46H,1-38H2,(H,93,107)(H,94,109)(H,95,108)(H,96,116)(H,97,117)(H,98,118)(H,99,119)(H,100,120)(H,101,121)(H,102,122)(H,110,111)(H,112,113)(H,114,115)(H,123,124)(H4,69,70,85)(H4,71,72,86)(H4,73,74,87)(H4,75,76,88)(H4,77,78,89)(H4,79,80,90)(H4,81,82,91)(H4,83,84,92)/t39-,40-,41-,42-,43-,44-,45-,46-/m0/s1.